The number of nitrogens with one attached hydrogen (secondary N) is 2. The minimum Gasteiger partial charge on any atom is -0.352 e. The summed E-state index contributed by atoms with van der Waals surface area (Å²) < 4.78 is 76.0. The summed E-state index contributed by atoms with van der Waals surface area (Å²) in [5, 5.41) is 7.73. The molecule has 0 bridgehead atoms. The molecule has 4 N–H and O–H groups in total. The van der Waals surface area contributed by atoms with Gasteiger partial charge < -0.3 is 5.32 Å². The maximum atomic E-state index is 13.4. The maximum Gasteiger partial charge on any atom is 0.261 e. The highest BCUT2D eigenvalue weighted by Crippen LogP contribution is 2.19. The van der Waals surface area contributed by atoms with Crippen LogP contribution in [0.4, 0.5) is 14.5 Å². The van der Waals surface area contributed by atoms with Crippen molar-refractivity contribution >= 4 is 31.6 Å². The standard InChI is InChI=1S/C21H19F2N3O5S2/c22-19-9-8-18(13-20(19)23)33(30,31)26-16-3-1-2-15(12-16)21(27)25-11-10-14-4-6-17(7-5-14)32(24,28)29/h1-9,12-13,26H,10-11H2,(H,25,27)(H2,24,28,29). The van der Waals surface area contributed by atoms with Crippen LogP contribution >= 0.6 is 0 Å². The Hall–Kier alpha value is -3.35. The van der Waals surface area contributed by atoms with Crippen LogP contribution in [0.25, 0.3) is 0 Å². The van der Waals surface area contributed by atoms with Crippen LogP contribution in [-0.4, -0.2) is 29.3 Å². The molecule has 33 heavy (non-hydrogen) atoms. The van der Waals surface area contributed by atoms with E-state index in [-0.39, 0.29) is 22.7 Å². The summed E-state index contributed by atoms with van der Waals surface area (Å²) in [7, 11) is -7.98. The lowest BCUT2D eigenvalue weighted by Crippen LogP contribution is -2.25. The molecule has 0 atom stereocenters. The van der Waals surface area contributed by atoms with Crippen molar-refractivity contribution in [1.29, 1.82) is 0 Å². The zero-order valence-corrected chi connectivity index (χ0v) is 18.6. The summed E-state index contributed by atoms with van der Waals surface area (Å²) >= 11 is 0. The van der Waals surface area contributed by atoms with Gasteiger partial charge in [0.25, 0.3) is 15.9 Å². The predicted molar refractivity (Wildman–Crippen MR) is 117 cm³/mol. The van der Waals surface area contributed by atoms with Gasteiger partial charge in [-0.3, -0.25) is 9.52 Å². The molecule has 3 rings (SSSR count). The zero-order valence-electron chi connectivity index (χ0n) is 17.0. The number of sulfonamides is 2. The van der Waals surface area contributed by atoms with E-state index in [4.69, 9.17) is 5.14 Å². The van der Waals surface area contributed by atoms with Gasteiger partial charge in [0.15, 0.2) is 11.6 Å². The van der Waals surface area contributed by atoms with Crippen molar-refractivity contribution in [2.45, 2.75) is 16.2 Å². The lowest BCUT2D eigenvalue weighted by Gasteiger charge is -2.10. The highest BCUT2D eigenvalue weighted by molar-refractivity contribution is 7.92. The van der Waals surface area contributed by atoms with Gasteiger partial charge in [-0.15, -0.1) is 0 Å². The number of hydrogen-bond donors (Lipinski definition) is 3. The number of benzene rings is 3. The van der Waals surface area contributed by atoms with Crippen molar-refractivity contribution in [2.75, 3.05) is 11.3 Å². The van der Waals surface area contributed by atoms with E-state index < -0.39 is 42.5 Å². The van der Waals surface area contributed by atoms with Gasteiger partial charge in [-0.2, -0.15) is 0 Å². The molecule has 0 saturated carbocycles. The quantitative estimate of drug-likeness (QED) is 0.441. The van der Waals surface area contributed by atoms with Crippen LogP contribution in [0, 0.1) is 11.6 Å². The Morgan fingerprint density at radius 2 is 1.52 bits per heavy atom. The van der Waals surface area contributed by atoms with Crippen LogP contribution in [0.3, 0.4) is 0 Å². The second-order valence-corrected chi connectivity index (χ2v) is 10.2. The fourth-order valence-corrected chi connectivity index (χ4v) is 4.43. The molecule has 0 unspecified atom stereocenters. The van der Waals surface area contributed by atoms with Crippen LogP contribution in [0.1, 0.15) is 15.9 Å². The van der Waals surface area contributed by atoms with Crippen LogP contribution in [0.5, 0.6) is 0 Å². The molecular formula is C21H19F2N3O5S2. The summed E-state index contributed by atoms with van der Waals surface area (Å²) in [6.07, 6.45) is 0.416. The number of primary sulfonamides is 1. The predicted octanol–water partition coefficient (Wildman–Crippen LogP) is 2.39. The molecule has 1 amide bonds. The molecule has 0 radical (unpaired) electrons. The Kier molecular flexibility index (Phi) is 7.10. The molecular weight excluding hydrogens is 476 g/mol. The lowest BCUT2D eigenvalue weighted by molar-refractivity contribution is 0.0954. The molecule has 0 heterocycles. The summed E-state index contributed by atoms with van der Waals surface area (Å²) in [4.78, 5) is 11.9. The molecule has 0 aliphatic rings. The van der Waals surface area contributed by atoms with Crippen molar-refractivity contribution in [2.24, 2.45) is 5.14 Å². The van der Waals surface area contributed by atoms with Crippen LogP contribution in [0.2, 0.25) is 0 Å². The maximum absolute atomic E-state index is 13.4. The van der Waals surface area contributed by atoms with Crippen LogP contribution < -0.4 is 15.2 Å². The zero-order chi connectivity index (χ0) is 24.2. The molecule has 8 nitrogen and oxygen atoms in total. The smallest absolute Gasteiger partial charge is 0.261 e. The minimum absolute atomic E-state index is 0.0158. The molecule has 3 aromatic rings. The Morgan fingerprint density at radius 3 is 2.15 bits per heavy atom. The van der Waals surface area contributed by atoms with Gasteiger partial charge in [-0.05, 0) is 60.5 Å². The molecule has 3 aromatic carbocycles. The minimum atomic E-state index is -4.20. The average molecular weight is 496 g/mol. The third-order valence-corrected chi connectivity index (χ3v) is 6.84. The SMILES string of the molecule is NS(=O)(=O)c1ccc(CCNC(=O)c2cccc(NS(=O)(=O)c3ccc(F)c(F)c3)c2)cc1. The summed E-state index contributed by atoms with van der Waals surface area (Å²) in [5.74, 6) is -2.94. The van der Waals surface area contributed by atoms with Gasteiger partial charge in [0, 0.05) is 17.8 Å². The van der Waals surface area contributed by atoms with E-state index in [1.807, 2.05) is 0 Å². The lowest BCUT2D eigenvalue weighted by atomic mass is 10.1. The van der Waals surface area contributed by atoms with Crippen LogP contribution in [0.15, 0.2) is 76.5 Å². The van der Waals surface area contributed by atoms with Gasteiger partial charge in [-0.25, -0.2) is 30.8 Å². The first-order chi connectivity index (χ1) is 15.5. The molecule has 0 saturated heterocycles. The number of amides is 1. The van der Waals surface area contributed by atoms with Gasteiger partial charge in [0.05, 0.1) is 9.79 Å². The Morgan fingerprint density at radius 1 is 0.848 bits per heavy atom. The highest BCUT2D eigenvalue weighted by Gasteiger charge is 2.17. The third-order valence-electron chi connectivity index (χ3n) is 4.53. The van der Waals surface area contributed by atoms with Crippen molar-refractivity contribution < 1.29 is 30.4 Å². The molecule has 0 aromatic heterocycles. The monoisotopic (exact) mass is 495 g/mol. The van der Waals surface area contributed by atoms with E-state index in [1.54, 1.807) is 12.1 Å². The summed E-state index contributed by atoms with van der Waals surface area (Å²) in [6.45, 7) is 0.234. The number of carbonyl (C=O) groups is 1. The van der Waals surface area contributed by atoms with Crippen LogP contribution in [-0.2, 0) is 26.5 Å². The Balaban J connectivity index is 1.62. The fraction of sp³-hybridized carbons (Fsp3) is 0.0952. The summed E-state index contributed by atoms with van der Waals surface area (Å²) in [5.41, 5.74) is 1.01. The fourth-order valence-electron chi connectivity index (χ4n) is 2.85. The van der Waals surface area contributed by atoms with Crippen molar-refractivity contribution in [3.05, 3.63) is 89.5 Å². The van der Waals surface area contributed by atoms with Gasteiger partial charge in [0.1, 0.15) is 0 Å². The molecule has 0 fully saturated rings. The largest absolute Gasteiger partial charge is 0.352 e. The highest BCUT2D eigenvalue weighted by atomic mass is 32.2. The first kappa shape index (κ1) is 24.3. The number of nitrogens with two attached hydrogens (primary N) is 1. The second-order valence-electron chi connectivity index (χ2n) is 6.96. The molecule has 0 aliphatic carbocycles. The average Bonchev–Trinajstić information content (AvgIpc) is 2.75. The molecule has 0 spiro atoms. The number of anilines is 1. The van der Waals surface area contributed by atoms with Crippen molar-refractivity contribution in [3.63, 3.8) is 0 Å². The molecule has 0 aliphatic heterocycles. The Labute approximate surface area is 189 Å². The van der Waals surface area contributed by atoms with E-state index in [9.17, 15) is 30.4 Å². The Bertz CT molecular complexity index is 1390. The van der Waals surface area contributed by atoms with Gasteiger partial charge in [-0.1, -0.05) is 18.2 Å². The normalized spacial score (nSPS) is 11.7. The summed E-state index contributed by atoms with van der Waals surface area (Å²) in [6, 6.07) is 13.7. The number of rotatable bonds is 8. The topological polar surface area (TPSA) is 135 Å². The van der Waals surface area contributed by atoms with E-state index in [2.05, 4.69) is 10.0 Å². The third kappa shape index (κ3) is 6.34. The molecule has 174 valence electrons. The number of hydrogen-bond acceptors (Lipinski definition) is 5. The number of halogens is 2. The van der Waals surface area contributed by atoms with Crippen molar-refractivity contribution in [1.82, 2.24) is 5.32 Å². The number of carbonyl (C=O) groups excluding carboxylic acids is 1. The van der Waals surface area contributed by atoms with E-state index in [1.165, 1.54) is 36.4 Å². The van der Waals surface area contributed by atoms with Gasteiger partial charge >= 0.3 is 0 Å². The first-order valence-corrected chi connectivity index (χ1v) is 12.5. The second kappa shape index (κ2) is 9.65. The first-order valence-electron chi connectivity index (χ1n) is 9.43. The van der Waals surface area contributed by atoms with E-state index >= 15 is 0 Å². The molecule has 12 heteroatoms. The van der Waals surface area contributed by atoms with Crippen molar-refractivity contribution in [3.8, 4) is 0 Å². The van der Waals surface area contributed by atoms with E-state index in [0.717, 1.165) is 11.6 Å². The van der Waals surface area contributed by atoms with Gasteiger partial charge in [0.2, 0.25) is 10.0 Å². The van der Waals surface area contributed by atoms with E-state index in [0.29, 0.717) is 18.6 Å².